The number of carbonyl (C=O) groups excluding carboxylic acids is 1. The molecule has 0 bridgehead atoms. The number of hydrogen-bond acceptors (Lipinski definition) is 2. The SMILES string of the molecule is CC1CN(C(=O)NCCc2ccc(Cl)cc2)CC1C(=O)O. The van der Waals surface area contributed by atoms with E-state index in [2.05, 4.69) is 5.32 Å². The van der Waals surface area contributed by atoms with Crippen molar-refractivity contribution < 1.29 is 14.7 Å². The summed E-state index contributed by atoms with van der Waals surface area (Å²) in [5.41, 5.74) is 1.10. The van der Waals surface area contributed by atoms with Gasteiger partial charge in [0.05, 0.1) is 5.92 Å². The molecule has 1 saturated heterocycles. The predicted octanol–water partition coefficient (Wildman–Crippen LogP) is 2.24. The minimum Gasteiger partial charge on any atom is -0.481 e. The summed E-state index contributed by atoms with van der Waals surface area (Å²) in [7, 11) is 0. The van der Waals surface area contributed by atoms with Crippen LogP contribution in [0, 0.1) is 11.8 Å². The van der Waals surface area contributed by atoms with Gasteiger partial charge < -0.3 is 15.3 Å². The van der Waals surface area contributed by atoms with Crippen molar-refractivity contribution in [1.29, 1.82) is 0 Å². The van der Waals surface area contributed by atoms with Crippen LogP contribution in [-0.2, 0) is 11.2 Å². The number of hydrogen-bond donors (Lipinski definition) is 2. The smallest absolute Gasteiger partial charge is 0.317 e. The Labute approximate surface area is 128 Å². The van der Waals surface area contributed by atoms with Crippen LogP contribution in [0.2, 0.25) is 5.02 Å². The molecule has 21 heavy (non-hydrogen) atoms. The van der Waals surface area contributed by atoms with Crippen LogP contribution in [0.5, 0.6) is 0 Å². The molecule has 1 aromatic rings. The first-order valence-electron chi connectivity index (χ1n) is 6.97. The Morgan fingerprint density at radius 3 is 2.57 bits per heavy atom. The topological polar surface area (TPSA) is 69.6 Å². The number of amides is 2. The number of carboxylic acids is 1. The first kappa shape index (κ1) is 15.6. The van der Waals surface area contributed by atoms with Crippen LogP contribution >= 0.6 is 11.6 Å². The standard InChI is InChI=1S/C15H19ClN2O3/c1-10-8-18(9-13(10)14(19)20)15(21)17-7-6-11-2-4-12(16)5-3-11/h2-5,10,13H,6-9H2,1H3,(H,17,21)(H,19,20). The van der Waals surface area contributed by atoms with Gasteiger partial charge in [0.15, 0.2) is 0 Å². The number of carboxylic acid groups (broad SMARTS) is 1. The highest BCUT2D eigenvalue weighted by Gasteiger charge is 2.36. The summed E-state index contributed by atoms with van der Waals surface area (Å²) in [6.45, 7) is 3.15. The molecule has 2 unspecified atom stereocenters. The van der Waals surface area contributed by atoms with E-state index in [-0.39, 0.29) is 18.5 Å². The Hall–Kier alpha value is -1.75. The summed E-state index contributed by atoms with van der Waals surface area (Å²) < 4.78 is 0. The maximum atomic E-state index is 12.0. The van der Waals surface area contributed by atoms with Crippen LogP contribution in [0.25, 0.3) is 0 Å². The van der Waals surface area contributed by atoms with Gasteiger partial charge in [-0.2, -0.15) is 0 Å². The third-order valence-corrected chi connectivity index (χ3v) is 4.07. The second kappa shape index (κ2) is 6.80. The van der Waals surface area contributed by atoms with Crippen molar-refractivity contribution in [2.45, 2.75) is 13.3 Å². The maximum absolute atomic E-state index is 12.0. The molecule has 1 aliphatic rings. The summed E-state index contributed by atoms with van der Waals surface area (Å²) >= 11 is 5.81. The molecule has 0 spiro atoms. The largest absolute Gasteiger partial charge is 0.481 e. The molecule has 0 aliphatic carbocycles. The van der Waals surface area contributed by atoms with Gasteiger partial charge in [0.2, 0.25) is 0 Å². The number of aliphatic carboxylic acids is 1. The Morgan fingerprint density at radius 1 is 1.33 bits per heavy atom. The quantitative estimate of drug-likeness (QED) is 0.896. The number of likely N-dealkylation sites (tertiary alicyclic amines) is 1. The molecular formula is C15H19ClN2O3. The molecule has 2 amide bonds. The van der Waals surface area contributed by atoms with Gasteiger partial charge in [-0.05, 0) is 30.0 Å². The van der Waals surface area contributed by atoms with Crippen molar-refractivity contribution in [2.24, 2.45) is 11.8 Å². The van der Waals surface area contributed by atoms with Gasteiger partial charge in [0.25, 0.3) is 0 Å². The minimum absolute atomic E-state index is 0.00971. The van der Waals surface area contributed by atoms with Crippen LogP contribution < -0.4 is 5.32 Å². The Morgan fingerprint density at radius 2 is 2.00 bits per heavy atom. The third-order valence-electron chi connectivity index (χ3n) is 3.82. The van der Waals surface area contributed by atoms with Crippen molar-refractivity contribution in [3.05, 3.63) is 34.9 Å². The molecule has 0 aromatic heterocycles. The highest BCUT2D eigenvalue weighted by atomic mass is 35.5. The van der Waals surface area contributed by atoms with E-state index < -0.39 is 11.9 Å². The summed E-state index contributed by atoms with van der Waals surface area (Å²) in [6, 6.07) is 7.29. The van der Waals surface area contributed by atoms with E-state index in [0.29, 0.717) is 24.5 Å². The molecule has 114 valence electrons. The molecule has 2 rings (SSSR count). The average molecular weight is 311 g/mol. The average Bonchev–Trinajstić information content (AvgIpc) is 2.83. The number of benzene rings is 1. The van der Waals surface area contributed by atoms with Crippen molar-refractivity contribution >= 4 is 23.6 Å². The number of nitrogens with zero attached hydrogens (tertiary/aromatic N) is 1. The molecule has 2 atom stereocenters. The van der Waals surface area contributed by atoms with Crippen LogP contribution in [0.1, 0.15) is 12.5 Å². The van der Waals surface area contributed by atoms with Crippen LogP contribution in [0.3, 0.4) is 0 Å². The minimum atomic E-state index is -0.834. The molecular weight excluding hydrogens is 292 g/mol. The van der Waals surface area contributed by atoms with Gasteiger partial charge in [0.1, 0.15) is 0 Å². The molecule has 5 nitrogen and oxygen atoms in total. The lowest BCUT2D eigenvalue weighted by molar-refractivity contribution is -0.142. The van der Waals surface area contributed by atoms with Gasteiger partial charge >= 0.3 is 12.0 Å². The van der Waals surface area contributed by atoms with E-state index in [1.165, 1.54) is 0 Å². The number of urea groups is 1. The second-order valence-corrected chi connectivity index (χ2v) is 5.87. The number of carbonyl (C=O) groups is 2. The summed E-state index contributed by atoms with van der Waals surface area (Å²) in [5.74, 6) is -1.31. The van der Waals surface area contributed by atoms with Crippen LogP contribution in [0.15, 0.2) is 24.3 Å². The van der Waals surface area contributed by atoms with E-state index in [9.17, 15) is 9.59 Å². The van der Waals surface area contributed by atoms with Crippen molar-refractivity contribution in [2.75, 3.05) is 19.6 Å². The predicted molar refractivity (Wildman–Crippen MR) is 80.4 cm³/mol. The van der Waals surface area contributed by atoms with Gasteiger partial charge in [-0.15, -0.1) is 0 Å². The van der Waals surface area contributed by atoms with Gasteiger partial charge in [-0.1, -0.05) is 30.7 Å². The molecule has 6 heteroatoms. The Bertz CT molecular complexity index is 518. The van der Waals surface area contributed by atoms with E-state index in [4.69, 9.17) is 16.7 Å². The number of halogens is 1. The normalized spacial score (nSPS) is 21.3. The lowest BCUT2D eigenvalue weighted by Crippen LogP contribution is -2.39. The zero-order valence-corrected chi connectivity index (χ0v) is 12.6. The molecule has 1 aliphatic heterocycles. The molecule has 1 aromatic carbocycles. The van der Waals surface area contributed by atoms with Gasteiger partial charge in [-0.3, -0.25) is 4.79 Å². The van der Waals surface area contributed by atoms with Crippen LogP contribution in [0.4, 0.5) is 4.79 Å². The van der Waals surface area contributed by atoms with Gasteiger partial charge in [-0.25, -0.2) is 4.79 Å². The summed E-state index contributed by atoms with van der Waals surface area (Å²) in [6.07, 6.45) is 0.717. The fraction of sp³-hybridized carbons (Fsp3) is 0.467. The fourth-order valence-electron chi connectivity index (χ4n) is 2.53. The lowest BCUT2D eigenvalue weighted by Gasteiger charge is -2.16. The Kier molecular flexibility index (Phi) is 5.07. The van der Waals surface area contributed by atoms with E-state index >= 15 is 0 Å². The van der Waals surface area contributed by atoms with E-state index in [1.807, 2.05) is 31.2 Å². The zero-order valence-electron chi connectivity index (χ0n) is 11.9. The summed E-state index contributed by atoms with van der Waals surface area (Å²) in [4.78, 5) is 24.6. The molecule has 1 fully saturated rings. The van der Waals surface area contributed by atoms with Crippen molar-refractivity contribution in [1.82, 2.24) is 10.2 Å². The second-order valence-electron chi connectivity index (χ2n) is 5.44. The molecule has 0 saturated carbocycles. The number of rotatable bonds is 4. The monoisotopic (exact) mass is 310 g/mol. The highest BCUT2D eigenvalue weighted by molar-refractivity contribution is 6.30. The van der Waals surface area contributed by atoms with Gasteiger partial charge in [0, 0.05) is 24.7 Å². The van der Waals surface area contributed by atoms with Crippen molar-refractivity contribution in [3.8, 4) is 0 Å². The van der Waals surface area contributed by atoms with E-state index in [0.717, 1.165) is 5.56 Å². The molecule has 1 heterocycles. The first-order chi connectivity index (χ1) is 9.97. The lowest BCUT2D eigenvalue weighted by atomic mass is 9.99. The summed E-state index contributed by atoms with van der Waals surface area (Å²) in [5, 5.41) is 12.6. The Balaban J connectivity index is 1.77. The van der Waals surface area contributed by atoms with E-state index in [1.54, 1.807) is 4.90 Å². The van der Waals surface area contributed by atoms with Crippen LogP contribution in [-0.4, -0.2) is 41.6 Å². The molecule has 0 radical (unpaired) electrons. The zero-order chi connectivity index (χ0) is 15.4. The number of nitrogens with one attached hydrogen (secondary N) is 1. The highest BCUT2D eigenvalue weighted by Crippen LogP contribution is 2.22. The fourth-order valence-corrected chi connectivity index (χ4v) is 2.66. The molecule has 2 N–H and O–H groups in total. The van der Waals surface area contributed by atoms with Crippen molar-refractivity contribution in [3.63, 3.8) is 0 Å². The first-order valence-corrected chi connectivity index (χ1v) is 7.35. The maximum Gasteiger partial charge on any atom is 0.317 e. The third kappa shape index (κ3) is 4.11.